The molecule has 0 fully saturated rings. The van der Waals surface area contributed by atoms with Gasteiger partial charge in [0.05, 0.1) is 11.0 Å². The molecule has 1 heterocycles. The van der Waals surface area contributed by atoms with Gasteiger partial charge in [-0.25, -0.2) is 0 Å². The standard InChI is InChI=1S/C44H49N/c1-29-19-21-31(22-20-29)36-23-24-38-40(41(36)44(8,9)10)39-32(25-30-15-12-11-13-16-30)17-14-18-37(39)45(38)35-27-33(42(2,3)4)26-34(28-35)43(5,6)7/h11-24,26-28H,25H2,1-10H3. The molecule has 0 N–H and O–H groups in total. The minimum Gasteiger partial charge on any atom is -0.309 e. The lowest BCUT2D eigenvalue weighted by atomic mass is 9.78. The van der Waals surface area contributed by atoms with Crippen LogP contribution in [0.3, 0.4) is 0 Å². The molecule has 0 aliphatic heterocycles. The van der Waals surface area contributed by atoms with Crippen molar-refractivity contribution in [1.82, 2.24) is 4.57 Å². The molecule has 0 amide bonds. The number of hydrogen-bond donors (Lipinski definition) is 0. The summed E-state index contributed by atoms with van der Waals surface area (Å²) in [6, 6.07) is 39.0. The van der Waals surface area contributed by atoms with Gasteiger partial charge in [0.2, 0.25) is 0 Å². The van der Waals surface area contributed by atoms with Gasteiger partial charge in [-0.15, -0.1) is 0 Å². The zero-order chi connectivity index (χ0) is 32.3. The predicted molar refractivity (Wildman–Crippen MR) is 196 cm³/mol. The van der Waals surface area contributed by atoms with Crippen LogP contribution in [0.4, 0.5) is 0 Å². The Kier molecular flexibility index (Phi) is 7.59. The second-order valence-electron chi connectivity index (χ2n) is 16.1. The van der Waals surface area contributed by atoms with E-state index in [2.05, 4.69) is 177 Å². The van der Waals surface area contributed by atoms with Crippen LogP contribution in [-0.4, -0.2) is 4.57 Å². The lowest BCUT2D eigenvalue weighted by molar-refractivity contribution is 0.568. The molecule has 1 nitrogen and oxygen atoms in total. The largest absolute Gasteiger partial charge is 0.309 e. The highest BCUT2D eigenvalue weighted by Crippen LogP contribution is 2.45. The number of aryl methyl sites for hydroxylation is 1. The van der Waals surface area contributed by atoms with Gasteiger partial charge in [0.15, 0.2) is 0 Å². The van der Waals surface area contributed by atoms with E-state index in [9.17, 15) is 0 Å². The van der Waals surface area contributed by atoms with Crippen molar-refractivity contribution in [3.05, 3.63) is 137 Å². The smallest absolute Gasteiger partial charge is 0.0544 e. The highest BCUT2D eigenvalue weighted by molar-refractivity contribution is 6.14. The molecule has 0 aliphatic rings. The van der Waals surface area contributed by atoms with E-state index in [0.717, 1.165) is 6.42 Å². The monoisotopic (exact) mass is 591 g/mol. The van der Waals surface area contributed by atoms with Gasteiger partial charge in [0.25, 0.3) is 0 Å². The van der Waals surface area contributed by atoms with Crippen LogP contribution in [0.15, 0.2) is 103 Å². The number of fused-ring (bicyclic) bond motifs is 3. The molecule has 0 unspecified atom stereocenters. The third kappa shape index (κ3) is 5.86. The van der Waals surface area contributed by atoms with E-state index in [1.54, 1.807) is 0 Å². The predicted octanol–water partition coefficient (Wildman–Crippen LogP) is 12.2. The summed E-state index contributed by atoms with van der Waals surface area (Å²) in [6.07, 6.45) is 0.894. The van der Waals surface area contributed by atoms with Gasteiger partial charge in [0.1, 0.15) is 0 Å². The molecule has 0 atom stereocenters. The minimum atomic E-state index is -0.0808. The van der Waals surface area contributed by atoms with E-state index in [-0.39, 0.29) is 16.2 Å². The molecule has 0 spiro atoms. The van der Waals surface area contributed by atoms with Crippen molar-refractivity contribution in [2.45, 2.75) is 91.9 Å². The summed E-state index contributed by atoms with van der Waals surface area (Å²) in [5, 5.41) is 2.74. The molecule has 0 saturated carbocycles. The normalized spacial score (nSPS) is 12.8. The van der Waals surface area contributed by atoms with Crippen molar-refractivity contribution in [3.63, 3.8) is 0 Å². The maximum absolute atomic E-state index is 2.55. The SMILES string of the molecule is Cc1ccc(-c2ccc3c(c2C(C)(C)C)c2c(Cc4ccccc4)cccc2n3-c2cc(C(C)(C)C)cc(C(C)(C)C)c2)cc1. The van der Waals surface area contributed by atoms with Crippen LogP contribution in [0.2, 0.25) is 0 Å². The Morgan fingerprint density at radius 2 is 1.13 bits per heavy atom. The van der Waals surface area contributed by atoms with Crippen molar-refractivity contribution in [1.29, 1.82) is 0 Å². The highest BCUT2D eigenvalue weighted by Gasteiger charge is 2.28. The van der Waals surface area contributed by atoms with Crippen LogP contribution in [-0.2, 0) is 22.7 Å². The van der Waals surface area contributed by atoms with Crippen molar-refractivity contribution < 1.29 is 0 Å². The lowest BCUT2D eigenvalue weighted by Crippen LogP contribution is -2.17. The van der Waals surface area contributed by atoms with E-state index < -0.39 is 0 Å². The van der Waals surface area contributed by atoms with Crippen LogP contribution < -0.4 is 0 Å². The van der Waals surface area contributed by atoms with Crippen molar-refractivity contribution >= 4 is 21.8 Å². The summed E-state index contributed by atoms with van der Waals surface area (Å²) in [5.74, 6) is 0. The van der Waals surface area contributed by atoms with Gasteiger partial charge >= 0.3 is 0 Å². The molecule has 0 aliphatic carbocycles. The topological polar surface area (TPSA) is 4.93 Å². The molecule has 1 heteroatoms. The van der Waals surface area contributed by atoms with E-state index >= 15 is 0 Å². The number of nitrogens with zero attached hydrogens (tertiary/aromatic N) is 1. The molecule has 0 saturated heterocycles. The summed E-state index contributed by atoms with van der Waals surface area (Å²) in [5.41, 5.74) is 14.5. The Bertz CT molecular complexity index is 1970. The number of benzene rings is 5. The van der Waals surface area contributed by atoms with Gasteiger partial charge in [0, 0.05) is 16.5 Å². The van der Waals surface area contributed by atoms with Gasteiger partial charge < -0.3 is 4.57 Å². The fourth-order valence-electron chi connectivity index (χ4n) is 6.82. The number of rotatable bonds is 4. The maximum Gasteiger partial charge on any atom is 0.0544 e. The fourth-order valence-corrected chi connectivity index (χ4v) is 6.82. The van der Waals surface area contributed by atoms with Gasteiger partial charge in [-0.05, 0) is 92.8 Å². The van der Waals surface area contributed by atoms with Crippen molar-refractivity contribution in [2.24, 2.45) is 0 Å². The van der Waals surface area contributed by atoms with Crippen LogP contribution in [0.25, 0.3) is 38.6 Å². The zero-order valence-electron chi connectivity index (χ0n) is 29.0. The second-order valence-corrected chi connectivity index (χ2v) is 16.1. The minimum absolute atomic E-state index is 0.0302. The maximum atomic E-state index is 2.55. The van der Waals surface area contributed by atoms with Crippen molar-refractivity contribution in [3.8, 4) is 16.8 Å². The van der Waals surface area contributed by atoms with E-state index in [1.165, 1.54) is 72.0 Å². The third-order valence-electron chi connectivity index (χ3n) is 9.30. The van der Waals surface area contributed by atoms with Gasteiger partial charge in [-0.3, -0.25) is 0 Å². The van der Waals surface area contributed by atoms with Crippen LogP contribution in [0.1, 0.15) is 95.7 Å². The quantitative estimate of drug-likeness (QED) is 0.192. The average Bonchev–Trinajstić information content (AvgIpc) is 3.31. The van der Waals surface area contributed by atoms with E-state index in [0.29, 0.717) is 0 Å². The summed E-state index contributed by atoms with van der Waals surface area (Å²) in [7, 11) is 0. The van der Waals surface area contributed by atoms with Crippen LogP contribution in [0.5, 0.6) is 0 Å². The first kappa shape index (κ1) is 30.9. The average molecular weight is 592 g/mol. The molecule has 6 aromatic rings. The first-order valence-electron chi connectivity index (χ1n) is 16.5. The molecule has 230 valence electrons. The second kappa shape index (κ2) is 11.1. The van der Waals surface area contributed by atoms with Gasteiger partial charge in [-0.1, -0.05) is 147 Å². The Labute approximate surface area is 270 Å². The molecular weight excluding hydrogens is 542 g/mol. The Morgan fingerprint density at radius 3 is 1.71 bits per heavy atom. The molecule has 0 bridgehead atoms. The molecule has 45 heavy (non-hydrogen) atoms. The highest BCUT2D eigenvalue weighted by atomic mass is 15.0. The number of hydrogen-bond acceptors (Lipinski definition) is 0. The molecule has 6 rings (SSSR count). The molecular formula is C44H49N. The Hall–Kier alpha value is -4.10. The van der Waals surface area contributed by atoms with E-state index in [4.69, 9.17) is 0 Å². The van der Waals surface area contributed by atoms with Gasteiger partial charge in [-0.2, -0.15) is 0 Å². The summed E-state index contributed by atoms with van der Waals surface area (Å²) in [4.78, 5) is 0. The van der Waals surface area contributed by atoms with Crippen molar-refractivity contribution in [2.75, 3.05) is 0 Å². The van der Waals surface area contributed by atoms with E-state index in [1.807, 2.05) is 0 Å². The fraction of sp³-hybridized carbons (Fsp3) is 0.318. The van der Waals surface area contributed by atoms with Crippen LogP contribution >= 0.6 is 0 Å². The summed E-state index contributed by atoms with van der Waals surface area (Å²) >= 11 is 0. The Morgan fingerprint density at radius 1 is 0.533 bits per heavy atom. The Balaban J connectivity index is 1.79. The first-order chi connectivity index (χ1) is 21.1. The summed E-state index contributed by atoms with van der Waals surface area (Å²) in [6.45, 7) is 23.3. The third-order valence-corrected chi connectivity index (χ3v) is 9.30. The lowest BCUT2D eigenvalue weighted by Gasteiger charge is -2.27. The molecule has 5 aromatic carbocycles. The van der Waals surface area contributed by atoms with Crippen LogP contribution in [0, 0.1) is 6.92 Å². The zero-order valence-corrected chi connectivity index (χ0v) is 29.0. The number of aromatic nitrogens is 1. The molecule has 0 radical (unpaired) electrons. The first-order valence-corrected chi connectivity index (χ1v) is 16.5. The summed E-state index contributed by atoms with van der Waals surface area (Å²) < 4.78 is 2.55. The molecule has 1 aromatic heterocycles.